The van der Waals surface area contributed by atoms with E-state index in [0.29, 0.717) is 27.8 Å². The molecule has 0 radical (unpaired) electrons. The Morgan fingerprint density at radius 2 is 2.03 bits per heavy atom. The molecule has 0 spiro atoms. The lowest BCUT2D eigenvalue weighted by atomic mass is 10.1. The fourth-order valence-corrected chi connectivity index (χ4v) is 4.24. The van der Waals surface area contributed by atoms with Gasteiger partial charge in [0.2, 0.25) is 5.91 Å². The van der Waals surface area contributed by atoms with Gasteiger partial charge in [-0.3, -0.25) is 14.5 Å². The molecule has 2 aromatic rings. The van der Waals surface area contributed by atoms with Crippen molar-refractivity contribution in [1.29, 1.82) is 0 Å². The highest BCUT2D eigenvalue weighted by Crippen LogP contribution is 2.34. The number of hydrogen-bond donors (Lipinski definition) is 2. The summed E-state index contributed by atoms with van der Waals surface area (Å²) in [5.74, 6) is -0.889. The maximum atomic E-state index is 13.4. The summed E-state index contributed by atoms with van der Waals surface area (Å²) in [7, 11) is 0. The summed E-state index contributed by atoms with van der Waals surface area (Å²) < 4.78 is 13.7. The van der Waals surface area contributed by atoms with Crippen LogP contribution < -0.4 is 5.32 Å². The molecular weight excluding hydrogens is 411 g/mol. The molecule has 2 N–H and O–H groups in total. The summed E-state index contributed by atoms with van der Waals surface area (Å²) in [4.78, 5) is 26.9. The molecule has 1 atom stereocenters. The van der Waals surface area contributed by atoms with Crippen LogP contribution in [0.1, 0.15) is 18.1 Å². The van der Waals surface area contributed by atoms with E-state index < -0.39 is 11.9 Å². The van der Waals surface area contributed by atoms with Crippen LogP contribution in [0.2, 0.25) is 0 Å². The molecule has 0 bridgehead atoms. The van der Waals surface area contributed by atoms with Crippen molar-refractivity contribution in [2.75, 3.05) is 6.54 Å². The zero-order valence-corrected chi connectivity index (χ0v) is 17.2. The summed E-state index contributed by atoms with van der Waals surface area (Å²) in [6.45, 7) is 2.01. The van der Waals surface area contributed by atoms with Crippen LogP contribution in [0.4, 0.5) is 4.39 Å². The SMILES string of the molecule is C[C@H](C(=O)NCCc1ccc(O)cc1)N1C(=O)/C(=C/c2cccc(F)c2)SC1=S. The number of nitrogens with zero attached hydrogens (tertiary/aromatic N) is 1. The van der Waals surface area contributed by atoms with Crippen molar-refractivity contribution < 1.29 is 19.1 Å². The quantitative estimate of drug-likeness (QED) is 0.543. The molecule has 1 saturated heterocycles. The fraction of sp³-hybridized carbons (Fsp3) is 0.190. The van der Waals surface area contributed by atoms with Gasteiger partial charge in [0, 0.05) is 6.54 Å². The average Bonchev–Trinajstić information content (AvgIpc) is 2.96. The number of halogens is 1. The average molecular weight is 431 g/mol. The zero-order valence-electron chi connectivity index (χ0n) is 15.6. The van der Waals surface area contributed by atoms with E-state index in [0.717, 1.165) is 17.3 Å². The van der Waals surface area contributed by atoms with Crippen LogP contribution in [0.25, 0.3) is 6.08 Å². The van der Waals surface area contributed by atoms with Crippen molar-refractivity contribution in [2.45, 2.75) is 19.4 Å². The zero-order chi connectivity index (χ0) is 21.0. The van der Waals surface area contributed by atoms with Crippen LogP contribution in [0, 0.1) is 5.82 Å². The normalized spacial score (nSPS) is 16.3. The molecule has 1 aliphatic heterocycles. The van der Waals surface area contributed by atoms with Crippen LogP contribution in [-0.2, 0) is 16.0 Å². The third-order valence-electron chi connectivity index (χ3n) is 4.39. The number of carbonyl (C=O) groups is 2. The molecule has 5 nitrogen and oxygen atoms in total. The summed E-state index contributed by atoms with van der Waals surface area (Å²) in [5.41, 5.74) is 1.52. The highest BCUT2D eigenvalue weighted by atomic mass is 32.2. The van der Waals surface area contributed by atoms with Crippen LogP contribution in [0.3, 0.4) is 0 Å². The number of thiocarbonyl (C=S) groups is 1. The molecule has 1 aliphatic rings. The third kappa shape index (κ3) is 5.21. The topological polar surface area (TPSA) is 69.6 Å². The van der Waals surface area contributed by atoms with E-state index in [1.54, 1.807) is 49.4 Å². The van der Waals surface area contributed by atoms with E-state index in [1.807, 2.05) is 0 Å². The molecule has 1 heterocycles. The Morgan fingerprint density at radius 1 is 1.31 bits per heavy atom. The molecular formula is C21H19FN2O3S2. The van der Waals surface area contributed by atoms with Gasteiger partial charge in [-0.2, -0.15) is 0 Å². The van der Waals surface area contributed by atoms with Gasteiger partial charge in [-0.05, 0) is 54.8 Å². The lowest BCUT2D eigenvalue weighted by Gasteiger charge is -2.22. The molecule has 2 aromatic carbocycles. The Hall–Kier alpha value is -2.71. The maximum absolute atomic E-state index is 13.4. The molecule has 3 rings (SSSR count). The standard InChI is InChI=1S/C21H19FN2O3S2/c1-13(19(26)23-10-9-14-5-7-17(25)8-6-14)24-20(27)18(29-21(24)28)12-15-3-2-4-16(22)11-15/h2-8,11-13,25H,9-10H2,1H3,(H,23,26)/b18-12-/t13-/m1/s1. The maximum Gasteiger partial charge on any atom is 0.266 e. The van der Waals surface area contributed by atoms with Crippen molar-refractivity contribution in [3.63, 3.8) is 0 Å². The van der Waals surface area contributed by atoms with Crippen molar-refractivity contribution in [3.05, 3.63) is 70.4 Å². The first-order valence-electron chi connectivity index (χ1n) is 8.93. The predicted octanol–water partition coefficient (Wildman–Crippen LogP) is 3.48. The van der Waals surface area contributed by atoms with Gasteiger partial charge in [-0.25, -0.2) is 4.39 Å². The Labute approximate surface area is 177 Å². The van der Waals surface area contributed by atoms with Crippen molar-refractivity contribution >= 4 is 46.2 Å². The Kier molecular flexibility index (Phi) is 6.66. The molecule has 8 heteroatoms. The smallest absolute Gasteiger partial charge is 0.266 e. The van der Waals surface area contributed by atoms with Gasteiger partial charge in [0.25, 0.3) is 5.91 Å². The van der Waals surface area contributed by atoms with E-state index >= 15 is 0 Å². The van der Waals surface area contributed by atoms with E-state index in [-0.39, 0.29) is 17.6 Å². The van der Waals surface area contributed by atoms with Crippen LogP contribution in [0.5, 0.6) is 5.75 Å². The molecule has 0 aromatic heterocycles. The number of benzene rings is 2. The summed E-state index contributed by atoms with van der Waals surface area (Å²) in [6.07, 6.45) is 2.16. The molecule has 29 heavy (non-hydrogen) atoms. The minimum atomic E-state index is -0.763. The second-order valence-electron chi connectivity index (χ2n) is 6.49. The fourth-order valence-electron chi connectivity index (χ4n) is 2.82. The first-order chi connectivity index (χ1) is 13.8. The lowest BCUT2D eigenvalue weighted by molar-refractivity contribution is -0.132. The number of amides is 2. The molecule has 2 amide bonds. The van der Waals surface area contributed by atoms with Crippen molar-refractivity contribution in [1.82, 2.24) is 10.2 Å². The van der Waals surface area contributed by atoms with Gasteiger partial charge in [-0.15, -0.1) is 0 Å². The number of aromatic hydroxyl groups is 1. The lowest BCUT2D eigenvalue weighted by Crippen LogP contribution is -2.47. The van der Waals surface area contributed by atoms with E-state index in [4.69, 9.17) is 12.2 Å². The monoisotopic (exact) mass is 430 g/mol. The number of nitrogens with one attached hydrogen (secondary N) is 1. The third-order valence-corrected chi connectivity index (χ3v) is 5.72. The second kappa shape index (κ2) is 9.19. The van der Waals surface area contributed by atoms with Gasteiger partial charge in [0.15, 0.2) is 0 Å². The van der Waals surface area contributed by atoms with Crippen LogP contribution in [0.15, 0.2) is 53.4 Å². The number of hydrogen-bond acceptors (Lipinski definition) is 5. The minimum Gasteiger partial charge on any atom is -0.508 e. The summed E-state index contributed by atoms with van der Waals surface area (Å²) in [6, 6.07) is 11.9. The van der Waals surface area contributed by atoms with Gasteiger partial charge in [0.1, 0.15) is 21.9 Å². The number of rotatable bonds is 6. The first-order valence-corrected chi connectivity index (χ1v) is 10.2. The van der Waals surface area contributed by atoms with Crippen molar-refractivity contribution in [2.24, 2.45) is 0 Å². The first kappa shape index (κ1) is 21.0. The summed E-state index contributed by atoms with van der Waals surface area (Å²) >= 11 is 6.38. The van der Waals surface area contributed by atoms with Gasteiger partial charge in [0.05, 0.1) is 4.91 Å². The molecule has 0 saturated carbocycles. The van der Waals surface area contributed by atoms with E-state index in [9.17, 15) is 19.1 Å². The Morgan fingerprint density at radius 3 is 2.72 bits per heavy atom. The molecule has 1 fully saturated rings. The van der Waals surface area contributed by atoms with Crippen LogP contribution in [-0.4, -0.2) is 38.7 Å². The molecule has 150 valence electrons. The number of thioether (sulfide) groups is 1. The van der Waals surface area contributed by atoms with Crippen LogP contribution >= 0.6 is 24.0 Å². The Balaban J connectivity index is 1.61. The van der Waals surface area contributed by atoms with E-state index in [1.165, 1.54) is 17.0 Å². The van der Waals surface area contributed by atoms with E-state index in [2.05, 4.69) is 5.32 Å². The number of carbonyl (C=O) groups excluding carboxylic acids is 2. The Bertz CT molecular complexity index is 976. The molecule has 0 aliphatic carbocycles. The highest BCUT2D eigenvalue weighted by Gasteiger charge is 2.38. The van der Waals surface area contributed by atoms with Gasteiger partial charge >= 0.3 is 0 Å². The largest absolute Gasteiger partial charge is 0.508 e. The number of phenolic OH excluding ortho intramolecular Hbond substituents is 1. The minimum absolute atomic E-state index is 0.187. The predicted molar refractivity (Wildman–Crippen MR) is 116 cm³/mol. The summed E-state index contributed by atoms with van der Waals surface area (Å²) in [5, 5.41) is 12.1. The van der Waals surface area contributed by atoms with Gasteiger partial charge < -0.3 is 10.4 Å². The highest BCUT2D eigenvalue weighted by molar-refractivity contribution is 8.26. The van der Waals surface area contributed by atoms with Crippen molar-refractivity contribution in [3.8, 4) is 5.75 Å². The molecule has 0 unspecified atom stereocenters. The number of phenols is 1. The second-order valence-corrected chi connectivity index (χ2v) is 8.17. The van der Waals surface area contributed by atoms with Gasteiger partial charge in [-0.1, -0.05) is 48.2 Å².